The van der Waals surface area contributed by atoms with Gasteiger partial charge < -0.3 is 4.74 Å². The van der Waals surface area contributed by atoms with Gasteiger partial charge in [-0.3, -0.25) is 14.8 Å². The van der Waals surface area contributed by atoms with Crippen LogP contribution in [0.3, 0.4) is 0 Å². The van der Waals surface area contributed by atoms with E-state index in [-0.39, 0.29) is 5.91 Å². The number of hydrogen-bond donors (Lipinski definition) is 1. The van der Waals surface area contributed by atoms with Crippen molar-refractivity contribution < 1.29 is 9.53 Å². The maximum atomic E-state index is 12.5. The first-order valence-corrected chi connectivity index (χ1v) is 8.57. The van der Waals surface area contributed by atoms with Crippen molar-refractivity contribution in [2.24, 2.45) is 0 Å². The van der Waals surface area contributed by atoms with E-state index in [1.165, 1.54) is 0 Å². The van der Waals surface area contributed by atoms with Crippen molar-refractivity contribution in [3.05, 3.63) is 41.7 Å². The minimum absolute atomic E-state index is 0.181. The van der Waals surface area contributed by atoms with Crippen molar-refractivity contribution in [1.82, 2.24) is 19.1 Å². The lowest BCUT2D eigenvalue weighted by atomic mass is 10.2. The van der Waals surface area contributed by atoms with Gasteiger partial charge in [-0.1, -0.05) is 12.1 Å². The third-order valence-corrected chi connectivity index (χ3v) is 4.41. The number of aromatic nitrogens is 4. The minimum Gasteiger partial charge on any atom is -0.497 e. The summed E-state index contributed by atoms with van der Waals surface area (Å²) in [4.78, 5) is 16.9. The molecule has 25 heavy (non-hydrogen) atoms. The van der Waals surface area contributed by atoms with Gasteiger partial charge in [-0.05, 0) is 39.0 Å². The van der Waals surface area contributed by atoms with Crippen LogP contribution in [0.25, 0.3) is 11.4 Å². The number of carbonyl (C=O) groups is 1. The van der Waals surface area contributed by atoms with Crippen LogP contribution in [-0.2, 0) is 4.79 Å². The molecule has 0 saturated carbocycles. The van der Waals surface area contributed by atoms with Gasteiger partial charge in [-0.2, -0.15) is 14.5 Å². The van der Waals surface area contributed by atoms with Gasteiger partial charge in [-0.25, -0.2) is 0 Å². The standard InChI is InChI=1S/C17H19N5O2S/c1-10-8-11(2)22(20-10)12(3)16(23)19-17-18-15(21-25-17)13-6-5-7-14(9-13)24-4/h5-9,12H,1-4H3,(H,18,19,21,23)/t12-/m1/s1. The zero-order valence-electron chi connectivity index (χ0n) is 14.5. The van der Waals surface area contributed by atoms with Gasteiger partial charge in [0.1, 0.15) is 11.8 Å². The normalized spacial score (nSPS) is 12.0. The van der Waals surface area contributed by atoms with E-state index >= 15 is 0 Å². The van der Waals surface area contributed by atoms with E-state index in [0.717, 1.165) is 34.2 Å². The Kier molecular flexibility index (Phi) is 4.80. The number of anilines is 1. The molecule has 0 bridgehead atoms. The largest absolute Gasteiger partial charge is 0.497 e. The molecule has 3 rings (SSSR count). The molecule has 130 valence electrons. The maximum absolute atomic E-state index is 12.5. The highest BCUT2D eigenvalue weighted by atomic mass is 32.1. The highest BCUT2D eigenvalue weighted by Gasteiger charge is 2.19. The van der Waals surface area contributed by atoms with Crippen LogP contribution in [0.1, 0.15) is 24.4 Å². The summed E-state index contributed by atoms with van der Waals surface area (Å²) in [5.74, 6) is 1.11. The summed E-state index contributed by atoms with van der Waals surface area (Å²) in [5.41, 5.74) is 2.66. The summed E-state index contributed by atoms with van der Waals surface area (Å²) in [6.07, 6.45) is 0. The van der Waals surface area contributed by atoms with E-state index in [1.807, 2.05) is 44.2 Å². The number of benzene rings is 1. The molecule has 0 fully saturated rings. The van der Waals surface area contributed by atoms with E-state index in [2.05, 4.69) is 19.8 Å². The molecular formula is C17H19N5O2S. The summed E-state index contributed by atoms with van der Waals surface area (Å²) in [7, 11) is 1.61. The Morgan fingerprint density at radius 1 is 1.32 bits per heavy atom. The van der Waals surface area contributed by atoms with Gasteiger partial charge in [-0.15, -0.1) is 0 Å². The van der Waals surface area contributed by atoms with Crippen molar-refractivity contribution in [2.75, 3.05) is 12.4 Å². The monoisotopic (exact) mass is 357 g/mol. The molecule has 2 heterocycles. The average molecular weight is 357 g/mol. The fourth-order valence-corrected chi connectivity index (χ4v) is 3.11. The molecule has 7 nitrogen and oxygen atoms in total. The Bertz CT molecular complexity index is 902. The molecule has 1 amide bonds. The van der Waals surface area contributed by atoms with E-state index in [4.69, 9.17) is 4.74 Å². The first kappa shape index (κ1) is 17.1. The van der Waals surface area contributed by atoms with Crippen molar-refractivity contribution >= 4 is 22.6 Å². The quantitative estimate of drug-likeness (QED) is 0.758. The Morgan fingerprint density at radius 3 is 2.80 bits per heavy atom. The maximum Gasteiger partial charge on any atom is 0.250 e. The number of ether oxygens (including phenoxy) is 1. The second-order valence-corrected chi connectivity index (χ2v) is 6.44. The lowest BCUT2D eigenvalue weighted by Gasteiger charge is -2.12. The van der Waals surface area contributed by atoms with E-state index in [0.29, 0.717) is 11.0 Å². The van der Waals surface area contributed by atoms with Crippen LogP contribution in [0.4, 0.5) is 5.13 Å². The first-order chi connectivity index (χ1) is 12.0. The second-order valence-electron chi connectivity index (χ2n) is 5.69. The van der Waals surface area contributed by atoms with Gasteiger partial charge in [0.15, 0.2) is 5.82 Å². The number of methoxy groups -OCH3 is 1. The molecule has 0 aliphatic carbocycles. The topological polar surface area (TPSA) is 81.9 Å². The Labute approximate surface area is 149 Å². The predicted molar refractivity (Wildman–Crippen MR) is 96.9 cm³/mol. The third-order valence-electron chi connectivity index (χ3n) is 3.78. The average Bonchev–Trinajstić information content (AvgIpc) is 3.20. The molecular weight excluding hydrogens is 338 g/mol. The first-order valence-electron chi connectivity index (χ1n) is 7.79. The van der Waals surface area contributed by atoms with Crippen LogP contribution in [0.15, 0.2) is 30.3 Å². The zero-order chi connectivity index (χ0) is 18.0. The minimum atomic E-state index is -0.433. The second kappa shape index (κ2) is 7.02. The van der Waals surface area contributed by atoms with Crippen LogP contribution in [0.5, 0.6) is 5.75 Å². The highest BCUT2D eigenvalue weighted by molar-refractivity contribution is 7.10. The molecule has 3 aromatic rings. The number of nitrogens with zero attached hydrogens (tertiary/aromatic N) is 4. The molecule has 1 atom stereocenters. The molecule has 1 N–H and O–H groups in total. The predicted octanol–water partition coefficient (Wildman–Crippen LogP) is 3.23. The van der Waals surface area contributed by atoms with Crippen LogP contribution in [-0.4, -0.2) is 32.2 Å². The fraction of sp³-hybridized carbons (Fsp3) is 0.294. The molecule has 0 unspecified atom stereocenters. The van der Waals surface area contributed by atoms with Crippen LogP contribution < -0.4 is 10.1 Å². The number of nitrogens with one attached hydrogen (secondary N) is 1. The van der Waals surface area contributed by atoms with Crippen LogP contribution in [0, 0.1) is 13.8 Å². The molecule has 0 spiro atoms. The van der Waals surface area contributed by atoms with Crippen LogP contribution >= 0.6 is 11.5 Å². The molecule has 0 radical (unpaired) electrons. The lowest BCUT2D eigenvalue weighted by molar-refractivity contribution is -0.119. The van der Waals surface area contributed by atoms with Gasteiger partial charge in [0.25, 0.3) is 5.91 Å². The molecule has 0 aliphatic heterocycles. The van der Waals surface area contributed by atoms with Crippen molar-refractivity contribution in [1.29, 1.82) is 0 Å². The summed E-state index contributed by atoms with van der Waals surface area (Å²) in [5, 5.41) is 7.62. The summed E-state index contributed by atoms with van der Waals surface area (Å²) >= 11 is 1.14. The molecule has 0 saturated heterocycles. The van der Waals surface area contributed by atoms with Crippen LogP contribution in [0.2, 0.25) is 0 Å². The SMILES string of the molecule is COc1cccc(-c2nsc(NC(=O)[C@@H](C)n3nc(C)cc3C)n2)c1. The Balaban J connectivity index is 1.74. The molecule has 8 heteroatoms. The zero-order valence-corrected chi connectivity index (χ0v) is 15.3. The van der Waals surface area contributed by atoms with E-state index in [1.54, 1.807) is 18.7 Å². The summed E-state index contributed by atoms with van der Waals surface area (Å²) < 4.78 is 11.2. The Morgan fingerprint density at radius 2 is 2.12 bits per heavy atom. The van der Waals surface area contributed by atoms with Crippen molar-refractivity contribution in [2.45, 2.75) is 26.8 Å². The van der Waals surface area contributed by atoms with Gasteiger partial charge >= 0.3 is 0 Å². The van der Waals surface area contributed by atoms with Gasteiger partial charge in [0.05, 0.1) is 12.8 Å². The fourth-order valence-electron chi connectivity index (χ4n) is 2.51. The third kappa shape index (κ3) is 3.69. The van der Waals surface area contributed by atoms with Gasteiger partial charge in [0, 0.05) is 22.8 Å². The highest BCUT2D eigenvalue weighted by Crippen LogP contribution is 2.25. The number of rotatable bonds is 5. The lowest BCUT2D eigenvalue weighted by Crippen LogP contribution is -2.25. The number of amides is 1. The molecule has 1 aromatic carbocycles. The number of carbonyl (C=O) groups excluding carboxylic acids is 1. The Hall–Kier alpha value is -2.74. The van der Waals surface area contributed by atoms with Gasteiger partial charge in [0.2, 0.25) is 5.13 Å². The summed E-state index contributed by atoms with van der Waals surface area (Å²) in [6.45, 7) is 5.63. The number of aryl methyl sites for hydroxylation is 2. The van der Waals surface area contributed by atoms with Crippen molar-refractivity contribution in [3.63, 3.8) is 0 Å². The van der Waals surface area contributed by atoms with E-state index < -0.39 is 6.04 Å². The molecule has 2 aromatic heterocycles. The van der Waals surface area contributed by atoms with Crippen molar-refractivity contribution in [3.8, 4) is 17.1 Å². The smallest absolute Gasteiger partial charge is 0.250 e. The summed E-state index contributed by atoms with van der Waals surface area (Å²) in [6, 6.07) is 8.99. The molecule has 0 aliphatic rings. The van der Waals surface area contributed by atoms with E-state index in [9.17, 15) is 4.79 Å². The number of hydrogen-bond acceptors (Lipinski definition) is 6.